The van der Waals surface area contributed by atoms with Gasteiger partial charge in [0, 0.05) is 26.2 Å². The van der Waals surface area contributed by atoms with Crippen molar-refractivity contribution in [2.45, 2.75) is 52.9 Å². The predicted molar refractivity (Wildman–Crippen MR) is 111 cm³/mol. The van der Waals surface area contributed by atoms with Gasteiger partial charge in [0.05, 0.1) is 23.7 Å². The molecule has 0 aliphatic carbocycles. The fourth-order valence-electron chi connectivity index (χ4n) is 3.61. The second-order valence-corrected chi connectivity index (χ2v) is 7.46. The molecule has 6 nitrogen and oxygen atoms in total. The summed E-state index contributed by atoms with van der Waals surface area (Å²) < 4.78 is 0. The third-order valence-electron chi connectivity index (χ3n) is 5.54. The molecule has 152 valence electrons. The topological polar surface area (TPSA) is 76.4 Å². The number of para-hydroxylation sites is 1. The maximum absolute atomic E-state index is 13.0. The number of nitriles is 1. The normalized spacial score (nSPS) is 13.5. The number of carbonyl (C=O) groups excluding carboxylic acids is 2. The van der Waals surface area contributed by atoms with E-state index >= 15 is 0 Å². The fourth-order valence-corrected chi connectivity index (χ4v) is 3.61. The molecule has 0 radical (unpaired) electrons. The molecule has 2 rings (SSSR count). The molecule has 0 atom stereocenters. The van der Waals surface area contributed by atoms with Crippen LogP contribution in [-0.4, -0.2) is 47.9 Å². The standard InChI is InChI=1S/C22H32N4O2/c1-4-18(5-2)16-26(15-9-12-23)22(28)24-20-17(3)10-8-11-19(20)21(27)25-13-6-7-14-25/h8,10-11,18H,4-7,9,13-16H2,1-3H3,(H,24,28). The van der Waals surface area contributed by atoms with Crippen molar-refractivity contribution in [3.63, 3.8) is 0 Å². The van der Waals surface area contributed by atoms with Crippen LogP contribution in [0.4, 0.5) is 10.5 Å². The number of benzene rings is 1. The summed E-state index contributed by atoms with van der Waals surface area (Å²) >= 11 is 0. The zero-order chi connectivity index (χ0) is 20.5. The van der Waals surface area contributed by atoms with Crippen LogP contribution < -0.4 is 5.32 Å². The molecule has 0 bridgehead atoms. The highest BCUT2D eigenvalue weighted by Gasteiger charge is 2.25. The minimum atomic E-state index is -0.244. The quantitative estimate of drug-likeness (QED) is 0.721. The number of hydrogen-bond donors (Lipinski definition) is 1. The van der Waals surface area contributed by atoms with Gasteiger partial charge in [-0.2, -0.15) is 5.26 Å². The maximum Gasteiger partial charge on any atom is 0.321 e. The van der Waals surface area contributed by atoms with Gasteiger partial charge in [-0.3, -0.25) is 4.79 Å². The molecule has 1 aliphatic rings. The van der Waals surface area contributed by atoms with Crippen LogP contribution in [0, 0.1) is 24.2 Å². The summed E-state index contributed by atoms with van der Waals surface area (Å²) in [5.74, 6) is 0.368. The molecule has 1 heterocycles. The van der Waals surface area contributed by atoms with E-state index in [1.54, 1.807) is 11.0 Å². The van der Waals surface area contributed by atoms with Gasteiger partial charge in [-0.15, -0.1) is 0 Å². The first-order chi connectivity index (χ1) is 13.5. The number of likely N-dealkylation sites (tertiary alicyclic amines) is 1. The van der Waals surface area contributed by atoms with E-state index < -0.39 is 0 Å². The van der Waals surface area contributed by atoms with Gasteiger partial charge in [0.25, 0.3) is 5.91 Å². The molecular weight excluding hydrogens is 352 g/mol. The van der Waals surface area contributed by atoms with Crippen LogP contribution in [0.1, 0.15) is 61.9 Å². The predicted octanol–water partition coefficient (Wildman–Crippen LogP) is 4.41. The number of amides is 3. The SMILES string of the molecule is CCC(CC)CN(CCC#N)C(=O)Nc1c(C)cccc1C(=O)N1CCCC1. The molecule has 1 saturated heterocycles. The largest absolute Gasteiger partial charge is 0.339 e. The first-order valence-corrected chi connectivity index (χ1v) is 10.3. The molecule has 1 N–H and O–H groups in total. The van der Waals surface area contributed by atoms with Crippen molar-refractivity contribution in [2.24, 2.45) is 5.92 Å². The van der Waals surface area contributed by atoms with E-state index in [0.717, 1.165) is 44.3 Å². The van der Waals surface area contributed by atoms with Crippen LogP contribution in [0.15, 0.2) is 18.2 Å². The van der Waals surface area contributed by atoms with Crippen LogP contribution in [0.3, 0.4) is 0 Å². The minimum absolute atomic E-state index is 0.0277. The average Bonchev–Trinajstić information content (AvgIpc) is 3.24. The van der Waals surface area contributed by atoms with Gasteiger partial charge in [-0.05, 0) is 37.3 Å². The Morgan fingerprint density at radius 2 is 1.93 bits per heavy atom. The summed E-state index contributed by atoms with van der Waals surface area (Å²) in [4.78, 5) is 29.5. The van der Waals surface area contributed by atoms with Crippen molar-refractivity contribution in [3.8, 4) is 6.07 Å². The van der Waals surface area contributed by atoms with Crippen molar-refractivity contribution in [3.05, 3.63) is 29.3 Å². The summed E-state index contributed by atoms with van der Waals surface area (Å²) in [6, 6.07) is 7.41. The van der Waals surface area contributed by atoms with Crippen LogP contribution in [0.25, 0.3) is 0 Å². The molecule has 1 aliphatic heterocycles. The third kappa shape index (κ3) is 5.48. The fraction of sp³-hybridized carbons (Fsp3) is 0.591. The number of aryl methyl sites for hydroxylation is 1. The third-order valence-corrected chi connectivity index (χ3v) is 5.54. The first kappa shape index (κ1) is 21.7. The molecule has 1 aromatic carbocycles. The lowest BCUT2D eigenvalue weighted by Crippen LogP contribution is -2.39. The minimum Gasteiger partial charge on any atom is -0.339 e. The Kier molecular flexibility index (Phi) is 8.31. The molecule has 3 amide bonds. The van der Waals surface area contributed by atoms with E-state index in [4.69, 9.17) is 5.26 Å². The van der Waals surface area contributed by atoms with Crippen molar-refractivity contribution in [2.75, 3.05) is 31.5 Å². The zero-order valence-corrected chi connectivity index (χ0v) is 17.3. The smallest absolute Gasteiger partial charge is 0.321 e. The Hall–Kier alpha value is -2.55. The number of anilines is 1. The number of rotatable bonds is 8. The Balaban J connectivity index is 2.22. The number of carbonyl (C=O) groups is 2. The van der Waals surface area contributed by atoms with E-state index in [-0.39, 0.29) is 11.9 Å². The van der Waals surface area contributed by atoms with Crippen molar-refractivity contribution < 1.29 is 9.59 Å². The van der Waals surface area contributed by atoms with Gasteiger partial charge in [0.2, 0.25) is 0 Å². The van der Waals surface area contributed by atoms with Crippen molar-refractivity contribution >= 4 is 17.6 Å². The van der Waals surface area contributed by atoms with Crippen LogP contribution in [-0.2, 0) is 0 Å². The summed E-state index contributed by atoms with van der Waals surface area (Å²) in [6.07, 6.45) is 4.31. The second kappa shape index (κ2) is 10.7. The van der Waals surface area contributed by atoms with Crippen LogP contribution in [0.5, 0.6) is 0 Å². The Morgan fingerprint density at radius 1 is 1.25 bits per heavy atom. The van der Waals surface area contributed by atoms with Gasteiger partial charge >= 0.3 is 6.03 Å². The molecule has 0 spiro atoms. The Morgan fingerprint density at radius 3 is 2.54 bits per heavy atom. The van der Waals surface area contributed by atoms with Gasteiger partial charge in [0.15, 0.2) is 0 Å². The Labute approximate surface area is 168 Å². The molecule has 0 unspecified atom stereocenters. The summed E-state index contributed by atoms with van der Waals surface area (Å²) in [5, 5.41) is 11.9. The van der Waals surface area contributed by atoms with E-state index in [1.807, 2.05) is 24.0 Å². The van der Waals surface area contributed by atoms with Gasteiger partial charge < -0.3 is 15.1 Å². The number of urea groups is 1. The molecule has 6 heteroatoms. The number of hydrogen-bond acceptors (Lipinski definition) is 3. The molecule has 0 aromatic heterocycles. The highest BCUT2D eigenvalue weighted by molar-refractivity contribution is 6.04. The average molecular weight is 385 g/mol. The summed E-state index contributed by atoms with van der Waals surface area (Å²) in [5.41, 5.74) is 1.98. The van der Waals surface area contributed by atoms with Crippen molar-refractivity contribution in [1.82, 2.24) is 9.80 Å². The summed E-state index contributed by atoms with van der Waals surface area (Å²) in [6.45, 7) is 8.66. The van der Waals surface area contributed by atoms with Crippen LogP contribution in [0.2, 0.25) is 0 Å². The maximum atomic E-state index is 13.0. The first-order valence-electron chi connectivity index (χ1n) is 10.3. The molecule has 1 aromatic rings. The zero-order valence-electron chi connectivity index (χ0n) is 17.3. The lowest BCUT2D eigenvalue weighted by atomic mass is 10.0. The van der Waals surface area contributed by atoms with E-state index in [1.165, 1.54) is 0 Å². The lowest BCUT2D eigenvalue weighted by Gasteiger charge is -2.27. The summed E-state index contributed by atoms with van der Waals surface area (Å²) in [7, 11) is 0. The number of nitrogens with zero attached hydrogens (tertiary/aromatic N) is 3. The van der Waals surface area contributed by atoms with Crippen LogP contribution >= 0.6 is 0 Å². The second-order valence-electron chi connectivity index (χ2n) is 7.46. The molecule has 1 fully saturated rings. The highest BCUT2D eigenvalue weighted by Crippen LogP contribution is 2.24. The molecule has 0 saturated carbocycles. The monoisotopic (exact) mass is 384 g/mol. The highest BCUT2D eigenvalue weighted by atomic mass is 16.2. The van der Waals surface area contributed by atoms with Gasteiger partial charge in [0.1, 0.15) is 0 Å². The van der Waals surface area contributed by atoms with Crippen molar-refractivity contribution in [1.29, 1.82) is 5.26 Å². The molecular formula is C22H32N4O2. The lowest BCUT2D eigenvalue weighted by molar-refractivity contribution is 0.0793. The number of nitrogens with one attached hydrogen (secondary N) is 1. The Bertz CT molecular complexity index is 716. The molecule has 28 heavy (non-hydrogen) atoms. The van der Waals surface area contributed by atoms with E-state index in [2.05, 4.69) is 25.2 Å². The van der Waals surface area contributed by atoms with E-state index in [0.29, 0.717) is 36.7 Å². The van der Waals surface area contributed by atoms with E-state index in [9.17, 15) is 9.59 Å². The van der Waals surface area contributed by atoms with Gasteiger partial charge in [-0.1, -0.05) is 38.8 Å². The van der Waals surface area contributed by atoms with Gasteiger partial charge in [-0.25, -0.2) is 4.79 Å².